The first-order valence-corrected chi connectivity index (χ1v) is 21.4. The summed E-state index contributed by atoms with van der Waals surface area (Å²) in [4.78, 5) is 86.4. The molecule has 0 radical (unpaired) electrons. The van der Waals surface area contributed by atoms with Gasteiger partial charge in [-0.15, -0.1) is 0 Å². The Morgan fingerprint density at radius 1 is 0.836 bits per heavy atom. The fraction of sp³-hybridized carbons (Fsp3) is 0.511. The molecule has 16 nitrogen and oxygen atoms in total. The van der Waals surface area contributed by atoms with E-state index in [0.717, 1.165) is 96.5 Å². The van der Waals surface area contributed by atoms with Crippen LogP contribution in [0.2, 0.25) is 0 Å². The number of amides is 6. The molecule has 5 aliphatic heterocycles. The van der Waals surface area contributed by atoms with Gasteiger partial charge in [0.25, 0.3) is 17.4 Å². The van der Waals surface area contributed by atoms with Crippen LogP contribution in [0.5, 0.6) is 11.5 Å². The number of hydrogen-bond acceptors (Lipinski definition) is 11. The van der Waals surface area contributed by atoms with E-state index in [4.69, 9.17) is 9.47 Å². The number of anilines is 1. The molecular formula is C45H54N8O8. The van der Waals surface area contributed by atoms with Gasteiger partial charge in [-0.05, 0) is 98.5 Å². The summed E-state index contributed by atoms with van der Waals surface area (Å²) in [5.74, 6) is -0.466. The number of imide groups is 2. The second-order valence-corrected chi connectivity index (χ2v) is 17.5. The highest BCUT2D eigenvalue weighted by Crippen LogP contribution is 2.51. The summed E-state index contributed by atoms with van der Waals surface area (Å²) in [5.41, 5.74) is 6.21. The normalized spacial score (nSPS) is 21.9. The monoisotopic (exact) mass is 834 g/mol. The Bertz CT molecular complexity index is 2350. The van der Waals surface area contributed by atoms with E-state index in [1.807, 2.05) is 24.4 Å². The Kier molecular flexibility index (Phi) is 10.6. The molecule has 4 fully saturated rings. The van der Waals surface area contributed by atoms with Gasteiger partial charge in [-0.2, -0.15) is 0 Å². The number of nitrogens with one attached hydrogen (secondary N) is 2. The summed E-state index contributed by atoms with van der Waals surface area (Å²) < 4.78 is 13.6. The van der Waals surface area contributed by atoms with E-state index in [2.05, 4.69) is 25.3 Å². The molecule has 61 heavy (non-hydrogen) atoms. The standard InChI is InChI=1S/C45H54N8O8/c1-46-44(59)52-12-9-30-33(24-48(2)41(56)34(30)26-52)27-19-37(60-3)35(38(20-27)61-4)25-49-13-10-45(11-14-49)22-29(23-45)51-17-15-50(16-18-51)28-5-6-31-32(21-28)43(58)53(42(31)57)36-7-8-39(54)47-40(36)55/h5-6,19-21,24,29,36H,7-18,22-23,25-26H2,1-4H3,(H,46,59)(H,47,54,55). The summed E-state index contributed by atoms with van der Waals surface area (Å²) in [7, 11) is 6.72. The lowest BCUT2D eigenvalue weighted by Gasteiger charge is -2.56. The van der Waals surface area contributed by atoms with Crippen molar-refractivity contribution in [2.24, 2.45) is 12.5 Å². The SMILES string of the molecule is CNC(=O)N1CCc2c(-c3cc(OC)c(CN4CCC5(CC4)CC(N4CCN(c6ccc7c(c6)C(=O)N(C6CCC(=O)NC6=O)C7=O)CC4)C5)c(OC)c3)cn(C)c(=O)c2C1. The first-order valence-electron chi connectivity index (χ1n) is 21.4. The Morgan fingerprint density at radius 2 is 1.52 bits per heavy atom. The molecule has 1 atom stereocenters. The zero-order chi connectivity index (χ0) is 42.7. The van der Waals surface area contributed by atoms with Crippen LogP contribution in [0.3, 0.4) is 0 Å². The predicted molar refractivity (Wildman–Crippen MR) is 226 cm³/mol. The van der Waals surface area contributed by atoms with Crippen molar-refractivity contribution in [3.05, 3.63) is 74.7 Å². The number of carbonyl (C=O) groups is 5. The highest BCUT2D eigenvalue weighted by molar-refractivity contribution is 6.23. The summed E-state index contributed by atoms with van der Waals surface area (Å²) in [6, 6.07) is 8.85. The number of rotatable bonds is 8. The van der Waals surface area contributed by atoms with Gasteiger partial charge in [0.05, 0.1) is 37.5 Å². The van der Waals surface area contributed by atoms with Crippen molar-refractivity contribution < 1.29 is 33.4 Å². The average Bonchev–Trinajstić information content (AvgIpc) is 3.51. The number of urea groups is 1. The zero-order valence-electron chi connectivity index (χ0n) is 35.4. The van der Waals surface area contributed by atoms with Gasteiger partial charge in [0.2, 0.25) is 11.8 Å². The molecule has 0 bridgehead atoms. The molecule has 322 valence electrons. The van der Waals surface area contributed by atoms with Gasteiger partial charge in [0, 0.05) is 88.8 Å². The van der Waals surface area contributed by atoms with E-state index in [1.54, 1.807) is 49.9 Å². The maximum absolute atomic E-state index is 13.4. The minimum absolute atomic E-state index is 0.0923. The maximum atomic E-state index is 13.4. The molecular weight excluding hydrogens is 781 g/mol. The van der Waals surface area contributed by atoms with E-state index in [0.29, 0.717) is 47.7 Å². The fourth-order valence-electron chi connectivity index (χ4n) is 10.7. The second kappa shape index (κ2) is 15.9. The number of piperazine rings is 1. The molecule has 6 amide bonds. The predicted octanol–water partition coefficient (Wildman–Crippen LogP) is 2.74. The Hall–Kier alpha value is -5.74. The number of piperidine rings is 2. The van der Waals surface area contributed by atoms with Gasteiger partial charge in [0.1, 0.15) is 17.5 Å². The van der Waals surface area contributed by atoms with Crippen LogP contribution < -0.4 is 30.6 Å². The van der Waals surface area contributed by atoms with Gasteiger partial charge in [-0.1, -0.05) is 0 Å². The van der Waals surface area contributed by atoms with Crippen LogP contribution in [0.1, 0.15) is 75.9 Å². The summed E-state index contributed by atoms with van der Waals surface area (Å²) in [6.45, 7) is 6.95. The number of nitrogens with zero attached hydrogens (tertiary/aromatic N) is 6. The molecule has 6 heterocycles. The van der Waals surface area contributed by atoms with Crippen molar-refractivity contribution in [1.29, 1.82) is 0 Å². The molecule has 1 saturated carbocycles. The van der Waals surface area contributed by atoms with Crippen molar-refractivity contribution in [2.45, 2.75) is 70.1 Å². The third kappa shape index (κ3) is 7.22. The molecule has 2 N–H and O–H groups in total. The van der Waals surface area contributed by atoms with E-state index >= 15 is 0 Å². The van der Waals surface area contributed by atoms with Gasteiger partial charge in [-0.25, -0.2) is 4.79 Å². The minimum Gasteiger partial charge on any atom is -0.496 e. The molecule has 1 aliphatic carbocycles. The fourth-order valence-corrected chi connectivity index (χ4v) is 10.7. The molecule has 1 unspecified atom stereocenters. The molecule has 1 aromatic heterocycles. The van der Waals surface area contributed by atoms with Crippen LogP contribution >= 0.6 is 0 Å². The average molecular weight is 835 g/mol. The van der Waals surface area contributed by atoms with Crippen molar-refractivity contribution in [3.8, 4) is 22.6 Å². The molecule has 3 saturated heterocycles. The first kappa shape index (κ1) is 40.7. The summed E-state index contributed by atoms with van der Waals surface area (Å²) in [6.07, 6.45) is 7.35. The van der Waals surface area contributed by atoms with Crippen LogP contribution in [0.15, 0.2) is 41.3 Å². The van der Waals surface area contributed by atoms with Crippen molar-refractivity contribution in [2.75, 3.05) is 72.0 Å². The minimum atomic E-state index is -0.973. The van der Waals surface area contributed by atoms with E-state index in [-0.39, 0.29) is 31.0 Å². The lowest BCUT2D eigenvalue weighted by Crippen LogP contribution is -2.59. The molecule has 16 heteroatoms. The van der Waals surface area contributed by atoms with Gasteiger partial charge in [-0.3, -0.25) is 44.0 Å². The molecule has 2 aromatic carbocycles. The number of aromatic nitrogens is 1. The van der Waals surface area contributed by atoms with Crippen LogP contribution in [0.25, 0.3) is 11.1 Å². The van der Waals surface area contributed by atoms with Crippen molar-refractivity contribution in [1.82, 2.24) is 34.8 Å². The molecule has 1 spiro atoms. The first-order chi connectivity index (χ1) is 29.4. The van der Waals surface area contributed by atoms with Crippen LogP contribution in [0.4, 0.5) is 10.5 Å². The number of fused-ring (bicyclic) bond motifs is 2. The Morgan fingerprint density at radius 3 is 2.18 bits per heavy atom. The summed E-state index contributed by atoms with van der Waals surface area (Å²) >= 11 is 0. The van der Waals surface area contributed by atoms with E-state index in [9.17, 15) is 28.8 Å². The Balaban J connectivity index is 0.796. The number of pyridine rings is 1. The number of methoxy groups -OCH3 is 2. The maximum Gasteiger partial charge on any atom is 0.317 e. The lowest BCUT2D eigenvalue weighted by molar-refractivity contribution is -0.136. The van der Waals surface area contributed by atoms with E-state index < -0.39 is 29.7 Å². The van der Waals surface area contributed by atoms with Gasteiger partial charge >= 0.3 is 6.03 Å². The highest BCUT2D eigenvalue weighted by atomic mass is 16.5. The smallest absolute Gasteiger partial charge is 0.317 e. The largest absolute Gasteiger partial charge is 0.496 e. The molecule has 6 aliphatic rings. The number of ether oxygens (including phenoxy) is 2. The van der Waals surface area contributed by atoms with Gasteiger partial charge < -0.3 is 29.2 Å². The number of benzene rings is 2. The second-order valence-electron chi connectivity index (χ2n) is 17.5. The van der Waals surface area contributed by atoms with Crippen LogP contribution in [-0.2, 0) is 36.1 Å². The van der Waals surface area contributed by atoms with Crippen molar-refractivity contribution >= 4 is 35.3 Å². The number of aryl methyl sites for hydroxylation is 1. The third-order valence-electron chi connectivity index (χ3n) is 14.2. The van der Waals surface area contributed by atoms with Gasteiger partial charge in [0.15, 0.2) is 0 Å². The molecule has 9 rings (SSSR count). The van der Waals surface area contributed by atoms with Crippen LogP contribution in [-0.4, -0.2) is 133 Å². The quantitative estimate of drug-likeness (QED) is 0.321. The lowest BCUT2D eigenvalue weighted by atomic mass is 9.60. The zero-order valence-corrected chi connectivity index (χ0v) is 35.4. The third-order valence-corrected chi connectivity index (χ3v) is 14.2. The number of hydrogen-bond donors (Lipinski definition) is 2. The summed E-state index contributed by atoms with van der Waals surface area (Å²) in [5, 5.41) is 4.93. The van der Waals surface area contributed by atoms with E-state index in [1.165, 1.54) is 12.8 Å². The van der Waals surface area contributed by atoms with Crippen molar-refractivity contribution in [3.63, 3.8) is 0 Å². The number of likely N-dealkylation sites (tertiary alicyclic amines) is 1. The molecule has 3 aromatic rings. The number of carbonyl (C=O) groups excluding carboxylic acids is 5. The van der Waals surface area contributed by atoms with Crippen LogP contribution in [0, 0.1) is 5.41 Å². The topological polar surface area (TPSA) is 166 Å². The highest BCUT2D eigenvalue weighted by Gasteiger charge is 2.49. The Labute approximate surface area is 354 Å².